The quantitative estimate of drug-likeness (QED) is 0.167. The maximum atomic E-state index is 15.3. The van der Waals surface area contributed by atoms with Crippen LogP contribution in [0.4, 0.5) is 10.3 Å². The number of amides is 1. The van der Waals surface area contributed by atoms with E-state index in [4.69, 9.17) is 14.2 Å². The highest BCUT2D eigenvalue weighted by molar-refractivity contribution is 7.92. The lowest BCUT2D eigenvalue weighted by molar-refractivity contribution is 0.0658. The van der Waals surface area contributed by atoms with Gasteiger partial charge in [-0.1, -0.05) is 30.3 Å². The lowest BCUT2D eigenvalue weighted by Gasteiger charge is -2.42. The molecule has 64 heavy (non-hydrogen) atoms. The fraction of sp³-hybridized carbons (Fsp3) is 0.438. The van der Waals surface area contributed by atoms with Crippen molar-refractivity contribution in [2.75, 3.05) is 37.7 Å². The Kier molecular flexibility index (Phi) is 9.48. The van der Waals surface area contributed by atoms with Crippen LogP contribution in [0.15, 0.2) is 79.7 Å². The van der Waals surface area contributed by atoms with Gasteiger partial charge in [0, 0.05) is 55.2 Å². The van der Waals surface area contributed by atoms with Gasteiger partial charge in [0.2, 0.25) is 5.95 Å². The van der Waals surface area contributed by atoms with Gasteiger partial charge in [0.1, 0.15) is 17.1 Å². The second-order valence-corrected chi connectivity index (χ2v) is 20.9. The van der Waals surface area contributed by atoms with Crippen molar-refractivity contribution in [2.45, 2.75) is 99.8 Å². The Balaban J connectivity index is 0.973. The summed E-state index contributed by atoms with van der Waals surface area (Å²) in [5.41, 5.74) is 4.71. The van der Waals surface area contributed by atoms with Gasteiger partial charge in [-0.05, 0) is 136 Å². The SMILES string of the molecule is Cc1cc(-n2c(N3CC(c4ccc(S(=O)(=O)C5CC5)cc4)C3)nc3c(c2=O)CCN(C(=O)c2cc4cc(C5CCOCC5)ccc4n2[C@]2(c4noc(=O)[nH]4)C[C@@H]2C)[C@H]3C)cc(C)c1F. The van der Waals surface area contributed by atoms with Crippen LogP contribution in [-0.4, -0.2) is 81.6 Å². The van der Waals surface area contributed by atoms with Crippen LogP contribution < -0.4 is 16.2 Å². The van der Waals surface area contributed by atoms with Gasteiger partial charge < -0.3 is 19.1 Å². The monoisotopic (exact) mass is 887 g/mol. The maximum Gasteiger partial charge on any atom is 0.438 e. The molecule has 5 aliphatic rings. The second-order valence-electron chi connectivity index (χ2n) is 18.7. The zero-order valence-electron chi connectivity index (χ0n) is 36.3. The van der Waals surface area contributed by atoms with Crippen molar-refractivity contribution in [3.8, 4) is 5.69 Å². The molecule has 0 bridgehead atoms. The van der Waals surface area contributed by atoms with E-state index in [1.54, 1.807) is 47.6 Å². The van der Waals surface area contributed by atoms with E-state index in [9.17, 15) is 18.0 Å². The van der Waals surface area contributed by atoms with Crippen molar-refractivity contribution in [2.24, 2.45) is 5.92 Å². The molecule has 2 aliphatic carbocycles. The van der Waals surface area contributed by atoms with E-state index < -0.39 is 27.2 Å². The third-order valence-electron chi connectivity index (χ3n) is 14.7. The van der Waals surface area contributed by atoms with E-state index in [1.807, 2.05) is 34.6 Å². The summed E-state index contributed by atoms with van der Waals surface area (Å²) >= 11 is 0. The van der Waals surface area contributed by atoms with Crippen LogP contribution in [0, 0.1) is 25.6 Å². The number of benzene rings is 3. The van der Waals surface area contributed by atoms with E-state index >= 15 is 9.18 Å². The number of hydrogen-bond acceptors (Lipinski definition) is 10. The van der Waals surface area contributed by atoms with E-state index in [2.05, 4.69) is 35.3 Å². The lowest BCUT2D eigenvalue weighted by Crippen LogP contribution is -2.50. The normalized spacial score (nSPS) is 22.8. The Morgan fingerprint density at radius 2 is 1.59 bits per heavy atom. The van der Waals surface area contributed by atoms with Crippen LogP contribution in [0.2, 0.25) is 0 Å². The molecule has 332 valence electrons. The summed E-state index contributed by atoms with van der Waals surface area (Å²) in [6.07, 6.45) is 4.11. The Bertz CT molecular complexity index is 3100. The van der Waals surface area contributed by atoms with Gasteiger partial charge in [0.05, 0.1) is 27.6 Å². The number of carbonyl (C=O) groups excluding carboxylic acids is 1. The van der Waals surface area contributed by atoms with Gasteiger partial charge in [-0.25, -0.2) is 27.2 Å². The molecule has 11 rings (SSSR count). The summed E-state index contributed by atoms with van der Waals surface area (Å²) in [5, 5.41) is 4.77. The number of fused-ring (bicyclic) bond motifs is 2. The minimum Gasteiger partial charge on any atom is -0.381 e. The second kappa shape index (κ2) is 14.8. The maximum absolute atomic E-state index is 15.3. The Labute approximate surface area is 369 Å². The van der Waals surface area contributed by atoms with E-state index in [1.165, 1.54) is 5.56 Å². The van der Waals surface area contributed by atoms with Gasteiger partial charge in [0.15, 0.2) is 15.7 Å². The highest BCUT2D eigenvalue weighted by atomic mass is 32.2. The highest BCUT2D eigenvalue weighted by Gasteiger charge is 2.59. The van der Waals surface area contributed by atoms with Crippen molar-refractivity contribution in [1.82, 2.24) is 29.2 Å². The molecule has 16 heteroatoms. The summed E-state index contributed by atoms with van der Waals surface area (Å²) in [6.45, 7) is 10.0. The minimum atomic E-state index is -3.32. The van der Waals surface area contributed by atoms with Gasteiger partial charge in [0.25, 0.3) is 11.5 Å². The molecule has 3 aromatic heterocycles. The molecular weight excluding hydrogens is 838 g/mol. The molecule has 0 radical (unpaired) electrons. The molecule has 0 spiro atoms. The summed E-state index contributed by atoms with van der Waals surface area (Å²) in [7, 11) is -3.32. The Morgan fingerprint density at radius 3 is 2.23 bits per heavy atom. The number of carbonyl (C=O) groups is 1. The number of ether oxygens (including phenoxy) is 1. The molecule has 4 fully saturated rings. The van der Waals surface area contributed by atoms with Gasteiger partial charge in [-0.3, -0.25) is 19.1 Å². The first-order chi connectivity index (χ1) is 30.7. The third-order valence-corrected chi connectivity index (χ3v) is 16.9. The average molecular weight is 888 g/mol. The van der Waals surface area contributed by atoms with Gasteiger partial charge in [-0.15, -0.1) is 0 Å². The van der Waals surface area contributed by atoms with Crippen LogP contribution in [0.1, 0.15) is 114 Å². The van der Waals surface area contributed by atoms with Crippen LogP contribution in [0.3, 0.4) is 0 Å². The van der Waals surface area contributed by atoms with Crippen molar-refractivity contribution < 1.29 is 26.9 Å². The van der Waals surface area contributed by atoms with Crippen LogP contribution >= 0.6 is 0 Å². The number of aromatic amines is 1. The molecular formula is C48H50FN7O7S. The first kappa shape index (κ1) is 40.9. The minimum absolute atomic E-state index is 0.0283. The standard InChI is InChI=1S/C48H50FN7O7S/c1-26-19-35(20-27(2)41(26)49)55-43(57)38-13-16-54(29(4)42(38)50-46(55)53-24-34(25-53)30-5-8-36(9-6-30)64(60,61)37-10-11-37)44(58)40-22-33-21-32(31-14-17-62-18-15-31)7-12-39(33)56(40)48(23-28(48)3)45-51-47(59)63-52-45/h5-9,12,19-22,28-29,31,34,37H,10-11,13-18,23-25H2,1-4H3,(H,51,52,59)/t28-,29-,48+/m0/s1. The molecule has 1 N–H and O–H groups in total. The summed E-state index contributed by atoms with van der Waals surface area (Å²) in [4.78, 5) is 54.7. The molecule has 6 heterocycles. The number of hydrogen-bond donors (Lipinski definition) is 1. The number of sulfone groups is 1. The number of H-pyrrole nitrogens is 1. The third kappa shape index (κ3) is 6.41. The number of nitrogens with one attached hydrogen (secondary N) is 1. The lowest BCUT2D eigenvalue weighted by atomic mass is 9.91. The number of aryl methyl sites for hydroxylation is 2. The van der Waals surface area contributed by atoms with Crippen LogP contribution in [0.5, 0.6) is 0 Å². The fourth-order valence-electron chi connectivity index (χ4n) is 10.7. The first-order valence-corrected chi connectivity index (χ1v) is 23.9. The van der Waals surface area contributed by atoms with Crippen molar-refractivity contribution in [3.05, 3.63) is 132 Å². The topological polar surface area (TPSA) is 166 Å². The molecule has 2 saturated heterocycles. The Morgan fingerprint density at radius 1 is 0.906 bits per heavy atom. The largest absolute Gasteiger partial charge is 0.438 e. The summed E-state index contributed by atoms with van der Waals surface area (Å²) < 4.78 is 55.1. The zero-order valence-corrected chi connectivity index (χ0v) is 37.1. The van der Waals surface area contributed by atoms with Gasteiger partial charge in [-0.2, -0.15) is 0 Å². The smallest absolute Gasteiger partial charge is 0.381 e. The first-order valence-electron chi connectivity index (χ1n) is 22.4. The molecule has 14 nitrogen and oxygen atoms in total. The molecule has 6 aromatic rings. The number of nitrogens with zero attached hydrogens (tertiary/aromatic N) is 6. The van der Waals surface area contributed by atoms with E-state index in [-0.39, 0.29) is 47.3 Å². The fourth-order valence-corrected chi connectivity index (χ4v) is 12.3. The number of aromatic nitrogens is 5. The zero-order chi connectivity index (χ0) is 44.4. The molecule has 0 unspecified atom stereocenters. The van der Waals surface area contributed by atoms with E-state index in [0.717, 1.165) is 29.3 Å². The van der Waals surface area contributed by atoms with Crippen LogP contribution in [0.25, 0.3) is 16.6 Å². The Hall–Kier alpha value is -5.87. The predicted octanol–water partition coefficient (Wildman–Crippen LogP) is 6.60. The number of anilines is 1. The molecule has 2 saturated carbocycles. The summed E-state index contributed by atoms with van der Waals surface area (Å²) in [6, 6.07) is 18.2. The van der Waals surface area contributed by atoms with Crippen LogP contribution in [-0.2, 0) is 26.5 Å². The molecule has 3 aromatic carbocycles. The van der Waals surface area contributed by atoms with E-state index in [0.29, 0.717) is 102 Å². The molecule has 3 atom stereocenters. The average Bonchev–Trinajstić information content (AvgIpc) is 4.16. The molecule has 3 aliphatic heterocycles. The predicted molar refractivity (Wildman–Crippen MR) is 237 cm³/mol. The van der Waals surface area contributed by atoms with Crippen molar-refractivity contribution in [3.63, 3.8) is 0 Å². The summed E-state index contributed by atoms with van der Waals surface area (Å²) in [5.74, 6) is -0.0487. The van der Waals surface area contributed by atoms with Crippen molar-refractivity contribution in [1.29, 1.82) is 0 Å². The van der Waals surface area contributed by atoms with Gasteiger partial charge >= 0.3 is 5.76 Å². The molecule has 1 amide bonds. The van der Waals surface area contributed by atoms with Crippen molar-refractivity contribution >= 4 is 32.6 Å². The number of rotatable bonds is 9. The number of halogens is 1. The highest BCUT2D eigenvalue weighted by Crippen LogP contribution is 2.56.